The zero-order chi connectivity index (χ0) is 21.3. The Morgan fingerprint density at radius 1 is 1.03 bits per heavy atom. The molecule has 0 radical (unpaired) electrons. The first-order valence-electron chi connectivity index (χ1n) is 9.58. The van der Waals surface area contributed by atoms with Gasteiger partial charge in [-0.25, -0.2) is 4.68 Å². The van der Waals surface area contributed by atoms with E-state index in [1.807, 2.05) is 59.5 Å². The molecule has 0 saturated carbocycles. The molecule has 0 bridgehead atoms. The number of guanidine groups is 1. The molecule has 0 spiro atoms. The number of rotatable bonds is 8. The maximum Gasteiger partial charge on any atom is 0.191 e. The van der Waals surface area contributed by atoms with E-state index < -0.39 is 0 Å². The molecule has 0 atom stereocenters. The molecule has 0 aliphatic carbocycles. The van der Waals surface area contributed by atoms with Crippen LogP contribution in [0.4, 0.5) is 0 Å². The summed E-state index contributed by atoms with van der Waals surface area (Å²) in [6, 6.07) is 13.5. The number of halogens is 1. The van der Waals surface area contributed by atoms with Gasteiger partial charge in [0.25, 0.3) is 0 Å². The highest BCUT2D eigenvalue weighted by Gasteiger charge is 2.06. The summed E-state index contributed by atoms with van der Waals surface area (Å²) in [6.45, 7) is 1.35. The van der Waals surface area contributed by atoms with Gasteiger partial charge in [-0.1, -0.05) is 17.7 Å². The fraction of sp³-hybridized carbons (Fsp3) is 0.273. The number of nitrogens with zero attached hydrogens (tertiary/aromatic N) is 3. The van der Waals surface area contributed by atoms with E-state index in [0.717, 1.165) is 47.2 Å². The van der Waals surface area contributed by atoms with Gasteiger partial charge >= 0.3 is 0 Å². The third-order valence-electron chi connectivity index (χ3n) is 4.56. The van der Waals surface area contributed by atoms with Gasteiger partial charge in [0.15, 0.2) is 17.5 Å². The molecule has 0 aliphatic rings. The number of nitrogens with one attached hydrogen (secondary N) is 2. The van der Waals surface area contributed by atoms with Crippen LogP contribution in [-0.2, 0) is 13.0 Å². The normalized spacial score (nSPS) is 11.3. The van der Waals surface area contributed by atoms with E-state index in [1.165, 1.54) is 0 Å². The molecule has 0 aliphatic heterocycles. The Balaban J connectivity index is 1.49. The lowest BCUT2D eigenvalue weighted by Gasteiger charge is -2.12. The van der Waals surface area contributed by atoms with Gasteiger partial charge in [-0.05, 0) is 48.4 Å². The molecule has 30 heavy (non-hydrogen) atoms. The number of hydrogen-bond acceptors (Lipinski definition) is 4. The van der Waals surface area contributed by atoms with Crippen molar-refractivity contribution in [3.8, 4) is 17.2 Å². The molecule has 2 N–H and O–H groups in total. The molecule has 2 aromatic carbocycles. The molecule has 1 heterocycles. The second-order valence-corrected chi connectivity index (χ2v) is 7.00. The predicted octanol–water partition coefficient (Wildman–Crippen LogP) is 3.45. The summed E-state index contributed by atoms with van der Waals surface area (Å²) in [5.74, 6) is 2.19. The van der Waals surface area contributed by atoms with E-state index in [0.29, 0.717) is 11.6 Å². The smallest absolute Gasteiger partial charge is 0.191 e. The molecule has 158 valence electrons. The molecule has 3 aromatic rings. The summed E-state index contributed by atoms with van der Waals surface area (Å²) < 4.78 is 12.5. The van der Waals surface area contributed by atoms with E-state index in [9.17, 15) is 0 Å². The van der Waals surface area contributed by atoms with Gasteiger partial charge in [0.05, 0.1) is 26.1 Å². The fourth-order valence-corrected chi connectivity index (χ4v) is 3.08. The average molecular weight is 428 g/mol. The lowest BCUT2D eigenvalue weighted by atomic mass is 10.1. The number of methoxy groups -OCH3 is 2. The molecule has 0 fully saturated rings. The zero-order valence-corrected chi connectivity index (χ0v) is 18.1. The topological polar surface area (TPSA) is 72.7 Å². The zero-order valence-electron chi connectivity index (χ0n) is 17.4. The molecule has 8 heteroatoms. The number of aliphatic imine (C=N–C) groups is 1. The van der Waals surface area contributed by atoms with Crippen molar-refractivity contribution in [3.63, 3.8) is 0 Å². The van der Waals surface area contributed by atoms with E-state index >= 15 is 0 Å². The Bertz CT molecular complexity index is 985. The van der Waals surface area contributed by atoms with Crippen LogP contribution in [0.2, 0.25) is 5.02 Å². The van der Waals surface area contributed by atoms with Crippen molar-refractivity contribution in [3.05, 3.63) is 71.0 Å². The third-order valence-corrected chi connectivity index (χ3v) is 4.82. The van der Waals surface area contributed by atoms with E-state index in [4.69, 9.17) is 21.1 Å². The summed E-state index contributed by atoms with van der Waals surface area (Å²) >= 11 is 5.94. The van der Waals surface area contributed by atoms with Crippen LogP contribution in [0.25, 0.3) is 5.69 Å². The Morgan fingerprint density at radius 2 is 1.80 bits per heavy atom. The van der Waals surface area contributed by atoms with Gasteiger partial charge in [-0.3, -0.25) is 4.99 Å². The molecule has 0 amide bonds. The van der Waals surface area contributed by atoms with Gasteiger partial charge in [-0.15, -0.1) is 0 Å². The molecular weight excluding hydrogens is 402 g/mol. The van der Waals surface area contributed by atoms with Crippen molar-refractivity contribution >= 4 is 17.6 Å². The minimum Gasteiger partial charge on any atom is -0.493 e. The van der Waals surface area contributed by atoms with E-state index in [2.05, 4.69) is 20.7 Å². The predicted molar refractivity (Wildman–Crippen MR) is 120 cm³/mol. The minimum atomic E-state index is 0.615. The second kappa shape index (κ2) is 10.5. The van der Waals surface area contributed by atoms with Gasteiger partial charge in [0.1, 0.15) is 0 Å². The van der Waals surface area contributed by atoms with Crippen molar-refractivity contribution in [1.82, 2.24) is 20.4 Å². The van der Waals surface area contributed by atoms with Crippen molar-refractivity contribution in [2.45, 2.75) is 13.0 Å². The fourth-order valence-electron chi connectivity index (χ4n) is 2.95. The Hall–Kier alpha value is -3.19. The molecular formula is C22H26ClN5O2. The van der Waals surface area contributed by atoms with Crippen LogP contribution in [0.15, 0.2) is 59.9 Å². The maximum absolute atomic E-state index is 5.94. The highest BCUT2D eigenvalue weighted by Crippen LogP contribution is 2.27. The van der Waals surface area contributed by atoms with Crippen LogP contribution in [-0.4, -0.2) is 43.6 Å². The summed E-state index contributed by atoms with van der Waals surface area (Å²) in [5, 5.41) is 11.7. The van der Waals surface area contributed by atoms with Crippen LogP contribution in [0.3, 0.4) is 0 Å². The first-order valence-corrected chi connectivity index (χ1v) is 9.95. The monoisotopic (exact) mass is 427 g/mol. The van der Waals surface area contributed by atoms with Crippen molar-refractivity contribution < 1.29 is 9.47 Å². The average Bonchev–Trinajstić information content (AvgIpc) is 3.25. The number of hydrogen-bond donors (Lipinski definition) is 2. The first-order chi connectivity index (χ1) is 14.6. The minimum absolute atomic E-state index is 0.615. The van der Waals surface area contributed by atoms with Crippen LogP contribution < -0.4 is 20.1 Å². The molecule has 0 unspecified atom stereocenters. The lowest BCUT2D eigenvalue weighted by Crippen LogP contribution is -2.37. The standard InChI is InChI=1S/C22H26ClN5O2/c1-24-22(25-11-10-16-4-9-20(29-2)21(12-16)30-3)26-13-17-14-27-28(15-17)19-7-5-18(23)6-8-19/h4-9,12,14-15H,10-11,13H2,1-3H3,(H2,24,25,26). The van der Waals surface area contributed by atoms with Crippen LogP contribution in [0, 0.1) is 0 Å². The quantitative estimate of drug-likeness (QED) is 0.425. The number of ether oxygens (including phenoxy) is 2. The maximum atomic E-state index is 5.94. The summed E-state index contributed by atoms with van der Waals surface area (Å²) in [5.41, 5.74) is 3.16. The second-order valence-electron chi connectivity index (χ2n) is 6.56. The van der Waals surface area contributed by atoms with Crippen LogP contribution in [0.5, 0.6) is 11.5 Å². The molecule has 3 rings (SSSR count). The highest BCUT2D eigenvalue weighted by molar-refractivity contribution is 6.30. The van der Waals surface area contributed by atoms with Crippen molar-refractivity contribution in [2.24, 2.45) is 4.99 Å². The first kappa shape index (κ1) is 21.5. The Kier molecular flexibility index (Phi) is 7.57. The van der Waals surface area contributed by atoms with Crippen LogP contribution in [0.1, 0.15) is 11.1 Å². The summed E-state index contributed by atoms with van der Waals surface area (Å²) in [6.07, 6.45) is 4.64. The van der Waals surface area contributed by atoms with Gasteiger partial charge < -0.3 is 20.1 Å². The van der Waals surface area contributed by atoms with Gasteiger partial charge in [0, 0.05) is 36.9 Å². The van der Waals surface area contributed by atoms with Gasteiger partial charge in [-0.2, -0.15) is 5.10 Å². The highest BCUT2D eigenvalue weighted by atomic mass is 35.5. The SMILES string of the molecule is CN=C(NCCc1ccc(OC)c(OC)c1)NCc1cnn(-c2ccc(Cl)cc2)c1. The molecule has 7 nitrogen and oxygen atoms in total. The molecule has 1 aromatic heterocycles. The number of benzene rings is 2. The van der Waals surface area contributed by atoms with Crippen LogP contribution >= 0.6 is 11.6 Å². The Labute approximate surface area is 181 Å². The molecule has 0 saturated heterocycles. The van der Waals surface area contributed by atoms with Crippen molar-refractivity contribution in [2.75, 3.05) is 27.8 Å². The summed E-state index contributed by atoms with van der Waals surface area (Å²) in [4.78, 5) is 4.28. The largest absolute Gasteiger partial charge is 0.493 e. The van der Waals surface area contributed by atoms with E-state index in [1.54, 1.807) is 21.3 Å². The van der Waals surface area contributed by atoms with E-state index in [-0.39, 0.29) is 0 Å². The Morgan fingerprint density at radius 3 is 2.50 bits per heavy atom. The lowest BCUT2D eigenvalue weighted by molar-refractivity contribution is 0.354. The van der Waals surface area contributed by atoms with Crippen molar-refractivity contribution in [1.29, 1.82) is 0 Å². The number of aromatic nitrogens is 2. The summed E-state index contributed by atoms with van der Waals surface area (Å²) in [7, 11) is 5.03. The van der Waals surface area contributed by atoms with Gasteiger partial charge in [0.2, 0.25) is 0 Å². The third kappa shape index (κ3) is 5.67.